The van der Waals surface area contributed by atoms with Crippen LogP contribution in [-0.4, -0.2) is 16.8 Å². The molecule has 0 saturated heterocycles. The van der Waals surface area contributed by atoms with Crippen molar-refractivity contribution in [3.05, 3.63) is 96.1 Å². The molecular weight excluding hydrogens is 488 g/mol. The maximum Gasteiger partial charge on any atom is 0.339 e. The molecule has 0 radical (unpaired) electrons. The van der Waals surface area contributed by atoms with Gasteiger partial charge in [-0.2, -0.15) is 16.8 Å². The molecule has 10 heteroatoms. The van der Waals surface area contributed by atoms with Gasteiger partial charge in [0.2, 0.25) is 0 Å². The monoisotopic (exact) mass is 508 g/mol. The molecule has 8 nitrogen and oxygen atoms in total. The average molecular weight is 509 g/mol. The van der Waals surface area contributed by atoms with E-state index >= 15 is 0 Å². The SMILES string of the molecule is Nc1ccc(OS(=O)(=O)c2ccc3c(c2)Cc2cc(S(=O)(=O)Oc4ccc(N)cc4)ccc2-3)cc1. The molecule has 0 heterocycles. The first-order valence-electron chi connectivity index (χ1n) is 10.5. The summed E-state index contributed by atoms with van der Waals surface area (Å²) in [5, 5.41) is 0. The van der Waals surface area contributed by atoms with Gasteiger partial charge in [-0.15, -0.1) is 0 Å². The number of nitrogen functional groups attached to an aromatic ring is 2. The van der Waals surface area contributed by atoms with Gasteiger partial charge in [-0.3, -0.25) is 0 Å². The fourth-order valence-electron chi connectivity index (χ4n) is 3.87. The van der Waals surface area contributed by atoms with Crippen LogP contribution in [0.2, 0.25) is 0 Å². The number of nitrogens with two attached hydrogens (primary N) is 2. The lowest BCUT2D eigenvalue weighted by atomic mass is 10.1. The van der Waals surface area contributed by atoms with E-state index in [1.54, 1.807) is 48.5 Å². The molecule has 1 aliphatic carbocycles. The summed E-state index contributed by atoms with van der Waals surface area (Å²) in [4.78, 5) is 0.000759. The Hall–Kier alpha value is -4.02. The summed E-state index contributed by atoms with van der Waals surface area (Å²) in [6, 6.07) is 21.5. The van der Waals surface area contributed by atoms with Crippen LogP contribution in [0.25, 0.3) is 11.1 Å². The van der Waals surface area contributed by atoms with Gasteiger partial charge in [0.25, 0.3) is 0 Å². The summed E-state index contributed by atoms with van der Waals surface area (Å²) < 4.78 is 61.6. The second-order valence-corrected chi connectivity index (χ2v) is 11.1. The minimum absolute atomic E-state index is 0.000380. The second kappa shape index (κ2) is 8.33. The highest BCUT2D eigenvalue weighted by atomic mass is 32.2. The maximum absolute atomic E-state index is 12.8. The molecule has 4 aromatic rings. The van der Waals surface area contributed by atoms with Gasteiger partial charge in [0, 0.05) is 11.4 Å². The number of anilines is 2. The van der Waals surface area contributed by atoms with Crippen LogP contribution in [0.15, 0.2) is 94.7 Å². The molecule has 0 unspecified atom stereocenters. The van der Waals surface area contributed by atoms with E-state index in [1.807, 2.05) is 0 Å². The third-order valence-electron chi connectivity index (χ3n) is 5.57. The maximum atomic E-state index is 12.8. The number of benzene rings is 4. The molecule has 0 bridgehead atoms. The molecule has 178 valence electrons. The van der Waals surface area contributed by atoms with Crippen molar-refractivity contribution in [3.63, 3.8) is 0 Å². The highest BCUT2D eigenvalue weighted by molar-refractivity contribution is 7.87. The van der Waals surface area contributed by atoms with Crippen molar-refractivity contribution >= 4 is 31.6 Å². The quantitative estimate of drug-likeness (QED) is 0.260. The molecule has 0 amide bonds. The van der Waals surface area contributed by atoms with Gasteiger partial charge in [-0.1, -0.05) is 12.1 Å². The minimum Gasteiger partial charge on any atom is -0.399 e. The summed E-state index contributed by atoms with van der Waals surface area (Å²) in [6.45, 7) is 0. The van der Waals surface area contributed by atoms with Gasteiger partial charge < -0.3 is 19.8 Å². The summed E-state index contributed by atoms with van der Waals surface area (Å²) >= 11 is 0. The third kappa shape index (κ3) is 4.53. The van der Waals surface area contributed by atoms with Gasteiger partial charge in [0.1, 0.15) is 21.3 Å². The lowest BCUT2D eigenvalue weighted by Gasteiger charge is -2.09. The predicted molar refractivity (Wildman–Crippen MR) is 132 cm³/mol. The van der Waals surface area contributed by atoms with Gasteiger partial charge in [-0.25, -0.2) is 0 Å². The standard InChI is InChI=1S/C25H20N2O6S2/c26-18-1-5-20(6-2-18)32-34(28,29)22-9-11-24-16(14-22)13-17-15-23(10-12-25(17)24)35(30,31)33-21-7-3-19(27)4-8-21/h1-12,14-15H,13,26-27H2. The number of fused-ring (bicyclic) bond motifs is 3. The van der Waals surface area contributed by atoms with E-state index < -0.39 is 20.2 Å². The normalized spacial score (nSPS) is 12.6. The molecular formula is C25H20N2O6S2. The summed E-state index contributed by atoms with van der Waals surface area (Å²) in [5.41, 5.74) is 15.4. The van der Waals surface area contributed by atoms with E-state index in [1.165, 1.54) is 36.4 Å². The Morgan fingerprint density at radius 2 is 0.914 bits per heavy atom. The molecule has 5 rings (SSSR count). The Kier molecular flexibility index (Phi) is 5.42. The molecule has 35 heavy (non-hydrogen) atoms. The first-order chi connectivity index (χ1) is 16.6. The van der Waals surface area contributed by atoms with Gasteiger partial charge in [0.15, 0.2) is 0 Å². The van der Waals surface area contributed by atoms with E-state index in [4.69, 9.17) is 19.8 Å². The molecule has 0 saturated carbocycles. The zero-order valence-corrected chi connectivity index (χ0v) is 19.8. The molecule has 0 aromatic heterocycles. The Morgan fingerprint density at radius 1 is 0.543 bits per heavy atom. The van der Waals surface area contributed by atoms with Crippen LogP contribution < -0.4 is 19.8 Å². The van der Waals surface area contributed by atoms with E-state index in [2.05, 4.69) is 0 Å². The topological polar surface area (TPSA) is 139 Å². The van der Waals surface area contributed by atoms with Gasteiger partial charge in [0.05, 0.1) is 0 Å². The van der Waals surface area contributed by atoms with Crippen molar-refractivity contribution in [1.82, 2.24) is 0 Å². The third-order valence-corrected chi connectivity index (χ3v) is 8.06. The Morgan fingerprint density at radius 3 is 1.29 bits per heavy atom. The van der Waals surface area contributed by atoms with Crippen LogP contribution >= 0.6 is 0 Å². The number of hydrogen-bond donors (Lipinski definition) is 2. The van der Waals surface area contributed by atoms with Crippen molar-refractivity contribution in [1.29, 1.82) is 0 Å². The zero-order valence-electron chi connectivity index (χ0n) is 18.2. The van der Waals surface area contributed by atoms with Crippen molar-refractivity contribution in [2.24, 2.45) is 0 Å². The van der Waals surface area contributed by atoms with Gasteiger partial charge >= 0.3 is 20.2 Å². The second-order valence-electron chi connectivity index (χ2n) is 8.03. The lowest BCUT2D eigenvalue weighted by Crippen LogP contribution is -2.10. The van der Waals surface area contributed by atoms with Crippen molar-refractivity contribution in [2.45, 2.75) is 16.2 Å². The molecule has 4 N–H and O–H groups in total. The summed E-state index contributed by atoms with van der Waals surface area (Å²) in [7, 11) is -8.14. The molecule has 4 aromatic carbocycles. The molecule has 0 aliphatic heterocycles. The Bertz CT molecular complexity index is 1520. The fraction of sp³-hybridized carbons (Fsp3) is 0.0400. The van der Waals surface area contributed by atoms with E-state index in [9.17, 15) is 16.8 Å². The largest absolute Gasteiger partial charge is 0.399 e. The summed E-state index contributed by atoms with van der Waals surface area (Å²) in [6.07, 6.45) is 0.362. The van der Waals surface area contributed by atoms with Crippen LogP contribution in [0.3, 0.4) is 0 Å². The highest BCUT2D eigenvalue weighted by Gasteiger charge is 2.26. The number of rotatable bonds is 6. The lowest BCUT2D eigenvalue weighted by molar-refractivity contribution is 0.484. The first kappa shape index (κ1) is 22.8. The van der Waals surface area contributed by atoms with E-state index in [0.29, 0.717) is 17.8 Å². The van der Waals surface area contributed by atoms with Crippen LogP contribution in [0, 0.1) is 0 Å². The van der Waals surface area contributed by atoms with Crippen LogP contribution in [0.1, 0.15) is 11.1 Å². The van der Waals surface area contributed by atoms with E-state index in [-0.39, 0.29) is 21.3 Å². The van der Waals surface area contributed by atoms with Crippen molar-refractivity contribution < 1.29 is 25.2 Å². The first-order valence-corrected chi connectivity index (χ1v) is 13.3. The van der Waals surface area contributed by atoms with Crippen LogP contribution in [0.4, 0.5) is 11.4 Å². The predicted octanol–water partition coefficient (Wildman–Crippen LogP) is 3.96. The molecule has 0 fully saturated rings. The fourth-order valence-corrected chi connectivity index (χ4v) is 5.83. The Labute approximate surface area is 203 Å². The smallest absolute Gasteiger partial charge is 0.339 e. The molecule has 1 aliphatic rings. The number of hydrogen-bond acceptors (Lipinski definition) is 8. The Balaban J connectivity index is 1.40. The average Bonchev–Trinajstić information content (AvgIpc) is 3.19. The molecule has 0 spiro atoms. The summed E-state index contributed by atoms with van der Waals surface area (Å²) in [5.74, 6) is 0.304. The van der Waals surface area contributed by atoms with Crippen LogP contribution in [0.5, 0.6) is 11.5 Å². The van der Waals surface area contributed by atoms with E-state index in [0.717, 1.165) is 22.3 Å². The minimum atomic E-state index is -4.07. The van der Waals surface area contributed by atoms with Crippen molar-refractivity contribution in [2.75, 3.05) is 11.5 Å². The zero-order chi connectivity index (χ0) is 24.8. The van der Waals surface area contributed by atoms with Crippen LogP contribution in [-0.2, 0) is 26.7 Å². The van der Waals surface area contributed by atoms with Crippen molar-refractivity contribution in [3.8, 4) is 22.6 Å². The highest BCUT2D eigenvalue weighted by Crippen LogP contribution is 2.39. The van der Waals surface area contributed by atoms with Gasteiger partial charge in [-0.05, 0) is 101 Å². The molecule has 0 atom stereocenters.